The van der Waals surface area contributed by atoms with Gasteiger partial charge < -0.3 is 15.0 Å². The lowest BCUT2D eigenvalue weighted by atomic mass is 9.95. The Morgan fingerprint density at radius 3 is 2.71 bits per heavy atom. The summed E-state index contributed by atoms with van der Waals surface area (Å²) in [6, 6.07) is 2.09. The molecule has 2 N–H and O–H groups in total. The minimum absolute atomic E-state index is 0.598. The van der Waals surface area contributed by atoms with E-state index in [0.717, 1.165) is 19.4 Å². The van der Waals surface area contributed by atoms with Crippen LogP contribution in [0, 0.1) is 5.92 Å². The fourth-order valence-electron chi connectivity index (χ4n) is 1.83. The number of nitrogens with one attached hydrogen (secondary N) is 1. The molecule has 0 saturated carbocycles. The number of hydrogen-bond acceptors (Lipinski definition) is 2. The van der Waals surface area contributed by atoms with Crippen LogP contribution >= 0.6 is 0 Å². The van der Waals surface area contributed by atoms with Crippen LogP contribution in [0.15, 0.2) is 18.5 Å². The van der Waals surface area contributed by atoms with Gasteiger partial charge in [0.1, 0.15) is 0 Å². The Morgan fingerprint density at radius 2 is 2.18 bits per heavy atom. The van der Waals surface area contributed by atoms with Crippen molar-refractivity contribution < 1.29 is 5.11 Å². The number of aryl methyl sites for hydroxylation is 1. The van der Waals surface area contributed by atoms with Crippen LogP contribution in [0.3, 0.4) is 0 Å². The van der Waals surface area contributed by atoms with E-state index in [-0.39, 0.29) is 0 Å². The van der Waals surface area contributed by atoms with Crippen LogP contribution in [-0.2, 0) is 13.6 Å². The maximum absolute atomic E-state index is 10.2. The lowest BCUT2D eigenvalue weighted by molar-refractivity contribution is 0.0451. The van der Waals surface area contributed by atoms with Crippen molar-refractivity contribution in [2.45, 2.75) is 45.8 Å². The number of rotatable bonds is 7. The highest BCUT2D eigenvalue weighted by atomic mass is 16.3. The zero-order chi connectivity index (χ0) is 12.9. The second-order valence-corrected chi connectivity index (χ2v) is 5.72. The Kier molecular flexibility index (Phi) is 5.22. The summed E-state index contributed by atoms with van der Waals surface area (Å²) in [7, 11) is 2.02. The molecule has 1 atom stereocenters. The van der Waals surface area contributed by atoms with Crippen molar-refractivity contribution in [2.24, 2.45) is 13.0 Å². The summed E-state index contributed by atoms with van der Waals surface area (Å²) < 4.78 is 2.04. The number of nitrogens with zero attached hydrogens (tertiary/aromatic N) is 1. The molecule has 0 aliphatic carbocycles. The molecule has 0 radical (unpaired) electrons. The maximum atomic E-state index is 10.2. The molecule has 1 aromatic rings. The summed E-state index contributed by atoms with van der Waals surface area (Å²) >= 11 is 0. The second kappa shape index (κ2) is 6.22. The first-order valence-corrected chi connectivity index (χ1v) is 6.43. The molecule has 0 aliphatic heterocycles. The van der Waals surface area contributed by atoms with Crippen molar-refractivity contribution in [3.8, 4) is 0 Å². The van der Waals surface area contributed by atoms with Crippen molar-refractivity contribution in [1.29, 1.82) is 0 Å². The molecule has 17 heavy (non-hydrogen) atoms. The fourth-order valence-corrected chi connectivity index (χ4v) is 1.83. The van der Waals surface area contributed by atoms with E-state index in [0.29, 0.717) is 12.5 Å². The van der Waals surface area contributed by atoms with Crippen LogP contribution < -0.4 is 5.32 Å². The first-order chi connectivity index (χ1) is 7.89. The van der Waals surface area contributed by atoms with E-state index in [9.17, 15) is 5.11 Å². The van der Waals surface area contributed by atoms with Gasteiger partial charge in [-0.1, -0.05) is 13.8 Å². The summed E-state index contributed by atoms with van der Waals surface area (Å²) in [6.45, 7) is 7.75. The Balaban J connectivity index is 2.25. The zero-order valence-corrected chi connectivity index (χ0v) is 11.5. The van der Waals surface area contributed by atoms with E-state index < -0.39 is 5.60 Å². The van der Waals surface area contributed by atoms with E-state index in [1.807, 2.05) is 24.7 Å². The van der Waals surface area contributed by atoms with Gasteiger partial charge in [0, 0.05) is 32.5 Å². The molecule has 1 heterocycles. The lowest BCUT2D eigenvalue weighted by Crippen LogP contribution is -2.37. The highest BCUT2D eigenvalue weighted by Crippen LogP contribution is 2.15. The van der Waals surface area contributed by atoms with Gasteiger partial charge in [-0.25, -0.2) is 0 Å². The molecule has 0 spiro atoms. The largest absolute Gasteiger partial charge is 0.389 e. The monoisotopic (exact) mass is 238 g/mol. The molecule has 0 fully saturated rings. The molecule has 0 aliphatic rings. The van der Waals surface area contributed by atoms with Gasteiger partial charge in [0.25, 0.3) is 0 Å². The third-order valence-corrected chi connectivity index (χ3v) is 2.99. The fraction of sp³-hybridized carbons (Fsp3) is 0.714. The molecule has 3 heteroatoms. The Bertz CT molecular complexity index is 329. The van der Waals surface area contributed by atoms with Gasteiger partial charge in [0.2, 0.25) is 0 Å². The first-order valence-electron chi connectivity index (χ1n) is 6.43. The SMILES string of the molecule is CC(C)CCC(C)(O)CNCc1ccn(C)c1. The topological polar surface area (TPSA) is 37.2 Å². The van der Waals surface area contributed by atoms with Crippen LogP contribution in [0.4, 0.5) is 0 Å². The van der Waals surface area contributed by atoms with Crippen LogP contribution in [0.5, 0.6) is 0 Å². The zero-order valence-electron chi connectivity index (χ0n) is 11.5. The van der Waals surface area contributed by atoms with Crippen molar-refractivity contribution in [2.75, 3.05) is 6.54 Å². The molecule has 1 rings (SSSR count). The van der Waals surface area contributed by atoms with Gasteiger partial charge in [0.15, 0.2) is 0 Å². The number of aliphatic hydroxyl groups is 1. The molecule has 0 saturated heterocycles. The van der Waals surface area contributed by atoms with Crippen molar-refractivity contribution in [3.05, 3.63) is 24.0 Å². The van der Waals surface area contributed by atoms with E-state index in [1.54, 1.807) is 0 Å². The molecule has 0 aromatic carbocycles. The maximum Gasteiger partial charge on any atom is 0.0743 e. The van der Waals surface area contributed by atoms with Crippen molar-refractivity contribution in [1.82, 2.24) is 9.88 Å². The Hall–Kier alpha value is -0.800. The summed E-state index contributed by atoms with van der Waals surface area (Å²) in [5.74, 6) is 0.649. The molecule has 0 amide bonds. The molecule has 0 bridgehead atoms. The number of hydrogen-bond donors (Lipinski definition) is 2. The highest BCUT2D eigenvalue weighted by Gasteiger charge is 2.19. The third kappa shape index (κ3) is 5.89. The van der Waals surface area contributed by atoms with Gasteiger partial charge in [0.05, 0.1) is 5.60 Å². The van der Waals surface area contributed by atoms with E-state index in [1.165, 1.54) is 5.56 Å². The molecule has 98 valence electrons. The quantitative estimate of drug-likeness (QED) is 0.765. The number of aromatic nitrogens is 1. The molecule has 1 aromatic heterocycles. The van der Waals surface area contributed by atoms with Gasteiger partial charge in [-0.15, -0.1) is 0 Å². The minimum atomic E-state index is -0.598. The summed E-state index contributed by atoms with van der Waals surface area (Å²) in [4.78, 5) is 0. The minimum Gasteiger partial charge on any atom is -0.389 e. The van der Waals surface area contributed by atoms with Gasteiger partial charge >= 0.3 is 0 Å². The highest BCUT2D eigenvalue weighted by molar-refractivity contribution is 5.09. The lowest BCUT2D eigenvalue weighted by Gasteiger charge is -2.24. The van der Waals surface area contributed by atoms with Crippen molar-refractivity contribution >= 4 is 0 Å². The van der Waals surface area contributed by atoms with Crippen LogP contribution in [0.2, 0.25) is 0 Å². The third-order valence-electron chi connectivity index (χ3n) is 2.99. The van der Waals surface area contributed by atoms with Crippen LogP contribution in [0.25, 0.3) is 0 Å². The molecular weight excluding hydrogens is 212 g/mol. The van der Waals surface area contributed by atoms with E-state index in [2.05, 4.69) is 31.4 Å². The van der Waals surface area contributed by atoms with E-state index in [4.69, 9.17) is 0 Å². The van der Waals surface area contributed by atoms with E-state index >= 15 is 0 Å². The summed E-state index contributed by atoms with van der Waals surface area (Å²) in [5.41, 5.74) is 0.658. The molecule has 3 nitrogen and oxygen atoms in total. The van der Waals surface area contributed by atoms with Crippen LogP contribution in [-0.4, -0.2) is 21.8 Å². The average Bonchev–Trinajstić information content (AvgIpc) is 2.61. The average molecular weight is 238 g/mol. The normalized spacial score (nSPS) is 15.2. The molecule has 1 unspecified atom stereocenters. The smallest absolute Gasteiger partial charge is 0.0743 e. The second-order valence-electron chi connectivity index (χ2n) is 5.72. The van der Waals surface area contributed by atoms with Gasteiger partial charge in [-0.3, -0.25) is 0 Å². The Morgan fingerprint density at radius 1 is 1.47 bits per heavy atom. The Labute approximate surface area is 105 Å². The standard InChI is InChI=1S/C14H26N2O/c1-12(2)5-7-14(3,17)11-15-9-13-6-8-16(4)10-13/h6,8,10,12,15,17H,5,7,9,11H2,1-4H3. The first kappa shape index (κ1) is 14.3. The van der Waals surface area contributed by atoms with Gasteiger partial charge in [-0.05, 0) is 37.3 Å². The van der Waals surface area contributed by atoms with Crippen molar-refractivity contribution in [3.63, 3.8) is 0 Å². The van der Waals surface area contributed by atoms with Crippen LogP contribution in [0.1, 0.15) is 39.2 Å². The predicted octanol–water partition coefficient (Wildman–Crippen LogP) is 2.30. The predicted molar refractivity (Wildman–Crippen MR) is 71.8 cm³/mol. The molecular formula is C14H26N2O. The summed E-state index contributed by atoms with van der Waals surface area (Å²) in [6.07, 6.45) is 6.05. The van der Waals surface area contributed by atoms with Gasteiger partial charge in [-0.2, -0.15) is 0 Å². The summed E-state index contributed by atoms with van der Waals surface area (Å²) in [5, 5.41) is 13.5.